The van der Waals surface area contributed by atoms with E-state index >= 15 is 0 Å². The molecular formula is C31H33ClN2O2. The van der Waals surface area contributed by atoms with Gasteiger partial charge >= 0.3 is 0 Å². The molecule has 4 aromatic carbocycles. The molecule has 0 radical (unpaired) electrons. The number of ether oxygens (including phenoxy) is 1. The highest BCUT2D eigenvalue weighted by atomic mass is 35.5. The maximum Gasteiger partial charge on any atom is 0.251 e. The van der Waals surface area contributed by atoms with Crippen molar-refractivity contribution >= 4 is 29.1 Å². The Labute approximate surface area is 219 Å². The molecule has 186 valence electrons. The summed E-state index contributed by atoms with van der Waals surface area (Å²) in [6.07, 6.45) is 0.875. The largest absolute Gasteiger partial charge is 0.489 e. The van der Waals surface area contributed by atoms with Gasteiger partial charge in [0.15, 0.2) is 0 Å². The third-order valence-electron chi connectivity index (χ3n) is 7.16. The Bertz CT molecular complexity index is 1360. The zero-order valence-corrected chi connectivity index (χ0v) is 21.8. The molecule has 3 atom stereocenters. The molecule has 0 spiro atoms. The quantitative estimate of drug-likeness (QED) is 0.315. The van der Waals surface area contributed by atoms with Gasteiger partial charge in [0.05, 0.1) is 0 Å². The van der Waals surface area contributed by atoms with Crippen LogP contribution >= 0.6 is 12.4 Å². The van der Waals surface area contributed by atoms with Crippen molar-refractivity contribution in [2.24, 2.45) is 0 Å². The van der Waals surface area contributed by atoms with Gasteiger partial charge in [0.2, 0.25) is 0 Å². The van der Waals surface area contributed by atoms with E-state index in [0.29, 0.717) is 0 Å². The third-order valence-corrected chi connectivity index (χ3v) is 7.16. The van der Waals surface area contributed by atoms with Crippen LogP contribution in [-0.2, 0) is 0 Å². The number of carbonyl (C=O) groups is 1. The van der Waals surface area contributed by atoms with E-state index in [0.717, 1.165) is 35.4 Å². The van der Waals surface area contributed by atoms with E-state index < -0.39 is 0 Å². The Morgan fingerprint density at radius 3 is 2.58 bits per heavy atom. The van der Waals surface area contributed by atoms with Gasteiger partial charge < -0.3 is 15.4 Å². The second-order valence-corrected chi connectivity index (χ2v) is 9.42. The number of halogens is 1. The molecule has 2 N–H and O–H groups in total. The number of amides is 1. The van der Waals surface area contributed by atoms with Gasteiger partial charge in [-0.25, -0.2) is 0 Å². The van der Waals surface area contributed by atoms with E-state index in [9.17, 15) is 4.79 Å². The highest BCUT2D eigenvalue weighted by Gasteiger charge is 2.30. The van der Waals surface area contributed by atoms with Crippen molar-refractivity contribution in [1.29, 1.82) is 0 Å². The maximum absolute atomic E-state index is 12.4. The molecule has 0 fully saturated rings. The van der Waals surface area contributed by atoms with Crippen LogP contribution in [0, 0.1) is 6.92 Å². The molecule has 0 saturated carbocycles. The summed E-state index contributed by atoms with van der Waals surface area (Å²) in [6.45, 7) is 4.93. The molecule has 4 nitrogen and oxygen atoms in total. The maximum atomic E-state index is 12.4. The lowest BCUT2D eigenvalue weighted by molar-refractivity contribution is 0.0962. The van der Waals surface area contributed by atoms with Crippen molar-refractivity contribution in [3.05, 3.63) is 113 Å². The van der Waals surface area contributed by atoms with Crippen molar-refractivity contribution in [2.45, 2.75) is 38.3 Å². The molecule has 5 heteroatoms. The first-order valence-corrected chi connectivity index (χ1v) is 12.3. The summed E-state index contributed by atoms with van der Waals surface area (Å²) in [5, 5.41) is 9.03. The summed E-state index contributed by atoms with van der Waals surface area (Å²) >= 11 is 0. The molecule has 1 amide bonds. The minimum atomic E-state index is -0.0492. The molecule has 5 rings (SSSR count). The Kier molecular flexibility index (Phi) is 7.97. The zero-order valence-electron chi connectivity index (χ0n) is 21.0. The lowest BCUT2D eigenvalue weighted by atomic mass is 9.83. The summed E-state index contributed by atoms with van der Waals surface area (Å²) in [6, 6.07) is 29.7. The Hall–Kier alpha value is -3.34. The van der Waals surface area contributed by atoms with Crippen LogP contribution in [0.1, 0.15) is 57.9 Å². The van der Waals surface area contributed by atoms with Gasteiger partial charge in [0.1, 0.15) is 11.9 Å². The predicted octanol–water partition coefficient (Wildman–Crippen LogP) is 6.56. The van der Waals surface area contributed by atoms with Gasteiger partial charge in [-0.3, -0.25) is 4.79 Å². The highest BCUT2D eigenvalue weighted by Crippen LogP contribution is 2.40. The second-order valence-electron chi connectivity index (χ2n) is 9.42. The van der Waals surface area contributed by atoms with Crippen molar-refractivity contribution in [3.8, 4) is 5.75 Å². The Morgan fingerprint density at radius 1 is 1.00 bits per heavy atom. The van der Waals surface area contributed by atoms with Gasteiger partial charge in [0, 0.05) is 36.7 Å². The first-order valence-electron chi connectivity index (χ1n) is 12.3. The molecule has 1 aliphatic heterocycles. The summed E-state index contributed by atoms with van der Waals surface area (Å²) in [5.74, 6) is 1.05. The molecule has 0 aromatic heterocycles. The van der Waals surface area contributed by atoms with Crippen molar-refractivity contribution in [3.63, 3.8) is 0 Å². The van der Waals surface area contributed by atoms with E-state index in [1.54, 1.807) is 7.05 Å². The number of hydrogen-bond acceptors (Lipinski definition) is 3. The minimum Gasteiger partial charge on any atom is -0.489 e. The van der Waals surface area contributed by atoms with E-state index in [2.05, 4.69) is 84.3 Å². The number of fused-ring (bicyclic) bond motifs is 2. The summed E-state index contributed by atoms with van der Waals surface area (Å²) < 4.78 is 6.44. The minimum absolute atomic E-state index is 0. The van der Waals surface area contributed by atoms with Crippen LogP contribution in [0.5, 0.6) is 5.75 Å². The molecular weight excluding hydrogens is 468 g/mol. The normalized spacial score (nSPS) is 17.4. The first-order chi connectivity index (χ1) is 17.0. The summed E-state index contributed by atoms with van der Waals surface area (Å²) in [4.78, 5) is 12.4. The van der Waals surface area contributed by atoms with Crippen LogP contribution < -0.4 is 15.4 Å². The highest BCUT2D eigenvalue weighted by molar-refractivity contribution is 5.95. The van der Waals surface area contributed by atoms with Gasteiger partial charge in [-0.05, 0) is 59.9 Å². The van der Waals surface area contributed by atoms with Gasteiger partial charge in [-0.1, -0.05) is 72.8 Å². The number of carbonyl (C=O) groups excluding carboxylic acids is 1. The number of aryl methyl sites for hydroxylation is 1. The molecule has 0 unspecified atom stereocenters. The molecule has 0 saturated heterocycles. The zero-order chi connectivity index (χ0) is 24.4. The van der Waals surface area contributed by atoms with Crippen LogP contribution in [0.2, 0.25) is 0 Å². The van der Waals surface area contributed by atoms with E-state index in [4.69, 9.17) is 4.74 Å². The average Bonchev–Trinajstić information content (AvgIpc) is 2.90. The van der Waals surface area contributed by atoms with Gasteiger partial charge in [-0.2, -0.15) is 0 Å². The van der Waals surface area contributed by atoms with Crippen LogP contribution in [0.3, 0.4) is 0 Å². The number of nitrogens with one attached hydrogen (secondary N) is 2. The molecule has 1 heterocycles. The van der Waals surface area contributed by atoms with E-state index in [1.165, 1.54) is 21.9 Å². The third kappa shape index (κ3) is 5.11. The lowest BCUT2D eigenvalue weighted by Gasteiger charge is -2.33. The molecule has 36 heavy (non-hydrogen) atoms. The second kappa shape index (κ2) is 11.2. The van der Waals surface area contributed by atoms with E-state index in [1.807, 2.05) is 25.1 Å². The first kappa shape index (κ1) is 25.7. The summed E-state index contributed by atoms with van der Waals surface area (Å²) in [5.41, 5.74) is 5.34. The van der Waals surface area contributed by atoms with Crippen LogP contribution in [-0.4, -0.2) is 25.6 Å². The SMILES string of the molecule is CNC(=O)c1cc([C@@H]2C[C@H](CN[C@H](C)c3cccc4ccccc34)Oc3ccccc32)ccc1C.Cl. The molecule has 4 aromatic rings. The Balaban J connectivity index is 0.00000304. The average molecular weight is 501 g/mol. The molecule has 0 aliphatic carbocycles. The topological polar surface area (TPSA) is 50.4 Å². The van der Waals surface area contributed by atoms with Crippen LogP contribution in [0.15, 0.2) is 84.9 Å². The number of rotatable bonds is 6. The number of hydrogen-bond donors (Lipinski definition) is 2. The van der Waals surface area contributed by atoms with E-state index in [-0.39, 0.29) is 36.4 Å². The van der Waals surface area contributed by atoms with Gasteiger partial charge in [-0.15, -0.1) is 12.4 Å². The van der Waals surface area contributed by atoms with Gasteiger partial charge in [0.25, 0.3) is 5.91 Å². The van der Waals surface area contributed by atoms with Crippen molar-refractivity contribution in [2.75, 3.05) is 13.6 Å². The van der Waals surface area contributed by atoms with Crippen molar-refractivity contribution < 1.29 is 9.53 Å². The number of benzene rings is 4. The predicted molar refractivity (Wildman–Crippen MR) is 150 cm³/mol. The molecule has 0 bridgehead atoms. The van der Waals surface area contributed by atoms with Crippen molar-refractivity contribution in [1.82, 2.24) is 10.6 Å². The molecule has 1 aliphatic rings. The Morgan fingerprint density at radius 2 is 1.75 bits per heavy atom. The fourth-order valence-corrected chi connectivity index (χ4v) is 5.22. The monoisotopic (exact) mass is 500 g/mol. The van der Waals surface area contributed by atoms with Crippen LogP contribution in [0.25, 0.3) is 10.8 Å². The standard InChI is InChI=1S/C31H32N2O2.ClH/c1-20-15-16-23(17-28(20)31(34)32-3)29-18-24(35-30-14-7-6-12-27(29)30)19-33-21(2)25-13-8-10-22-9-4-5-11-26(22)25;/h4-17,21,24,29,33H,18-19H2,1-3H3,(H,32,34);1H/t21-,24-,29+;/m1./s1. The lowest BCUT2D eigenvalue weighted by Crippen LogP contribution is -2.37. The number of para-hydroxylation sites is 1. The fraction of sp³-hybridized carbons (Fsp3) is 0.258. The smallest absolute Gasteiger partial charge is 0.251 e. The van der Waals surface area contributed by atoms with Crippen LogP contribution in [0.4, 0.5) is 0 Å². The fourth-order valence-electron chi connectivity index (χ4n) is 5.22. The summed E-state index contributed by atoms with van der Waals surface area (Å²) in [7, 11) is 1.68.